The molecule has 0 bridgehead atoms. The average Bonchev–Trinajstić information content (AvgIpc) is 3.49. The van der Waals surface area contributed by atoms with Gasteiger partial charge in [0, 0.05) is 74.6 Å². The van der Waals surface area contributed by atoms with Crippen LogP contribution in [0.1, 0.15) is 47.3 Å². The van der Waals surface area contributed by atoms with Gasteiger partial charge in [-0.25, -0.2) is 4.98 Å². The highest BCUT2D eigenvalue weighted by Crippen LogP contribution is 2.22. The number of hydrogen-bond donors (Lipinski definition) is 1. The molecule has 11 nitrogen and oxygen atoms in total. The number of amides is 2. The molecule has 4 rings (SSSR count). The number of oxime groups is 1. The largest absolute Gasteiger partial charge is 0.389 e. The van der Waals surface area contributed by atoms with E-state index >= 15 is 0 Å². The number of nitrogens with one attached hydrogen (secondary N) is 1. The maximum Gasteiger partial charge on any atom is 0.280 e. The molecule has 2 amide bonds. The van der Waals surface area contributed by atoms with Crippen molar-refractivity contribution >= 4 is 39.8 Å². The summed E-state index contributed by atoms with van der Waals surface area (Å²) in [5.41, 5.74) is 1.77. The number of anilines is 1. The van der Waals surface area contributed by atoms with Crippen LogP contribution < -0.4 is 5.32 Å². The zero-order valence-electron chi connectivity index (χ0n) is 21.9. The molecule has 2 aromatic heterocycles. The van der Waals surface area contributed by atoms with Gasteiger partial charge in [0.2, 0.25) is 5.91 Å². The van der Waals surface area contributed by atoms with Crippen LogP contribution in [0, 0.1) is 0 Å². The lowest BCUT2D eigenvalue weighted by Gasteiger charge is -2.39. The quantitative estimate of drug-likeness (QED) is 0.253. The van der Waals surface area contributed by atoms with E-state index in [1.165, 1.54) is 18.3 Å². The maximum absolute atomic E-state index is 13.2. The molecule has 0 spiro atoms. The Balaban J connectivity index is 1.44. The van der Waals surface area contributed by atoms with E-state index < -0.39 is 5.91 Å². The molecule has 3 aromatic rings. The molecule has 1 fully saturated rings. The van der Waals surface area contributed by atoms with E-state index in [9.17, 15) is 14.4 Å². The van der Waals surface area contributed by atoms with E-state index in [-0.39, 0.29) is 30.1 Å². The first-order valence-corrected chi connectivity index (χ1v) is 13.1. The summed E-state index contributed by atoms with van der Waals surface area (Å²) in [6, 6.07) is 8.56. The van der Waals surface area contributed by atoms with Crippen LogP contribution in [-0.2, 0) is 34.6 Å². The molecule has 38 heavy (non-hydrogen) atoms. The maximum atomic E-state index is 13.2. The Morgan fingerprint density at radius 3 is 2.50 bits per heavy atom. The van der Waals surface area contributed by atoms with Gasteiger partial charge in [-0.05, 0) is 19.9 Å². The minimum Gasteiger partial charge on any atom is -0.389 e. The smallest absolute Gasteiger partial charge is 0.280 e. The third-order valence-electron chi connectivity index (χ3n) is 6.19. The molecule has 1 aliphatic heterocycles. The average molecular weight is 538 g/mol. The Labute approximate surface area is 225 Å². The van der Waals surface area contributed by atoms with Crippen molar-refractivity contribution in [2.24, 2.45) is 12.2 Å². The second-order valence-electron chi connectivity index (χ2n) is 9.21. The summed E-state index contributed by atoms with van der Waals surface area (Å²) >= 11 is 1.39. The van der Waals surface area contributed by atoms with Crippen molar-refractivity contribution < 1.29 is 19.2 Å². The minimum absolute atomic E-state index is 0.0574. The number of piperazine rings is 1. The number of thiazole rings is 1. The molecule has 0 saturated carbocycles. The van der Waals surface area contributed by atoms with Crippen LogP contribution in [0.2, 0.25) is 0 Å². The van der Waals surface area contributed by atoms with E-state index in [4.69, 9.17) is 4.84 Å². The summed E-state index contributed by atoms with van der Waals surface area (Å²) in [6.45, 7) is 8.17. The number of Topliss-reactive ketones (excluding diaryl/α,β-unsaturated/α-hetero) is 1. The van der Waals surface area contributed by atoms with E-state index in [2.05, 4.69) is 25.5 Å². The zero-order valence-corrected chi connectivity index (χ0v) is 22.7. The Morgan fingerprint density at radius 1 is 1.13 bits per heavy atom. The number of nitrogens with zero attached hydrogens (tertiary/aromatic N) is 6. The predicted molar refractivity (Wildman–Crippen MR) is 144 cm³/mol. The standard InChI is InChI=1S/C26H31N7O4S/c1-17-14-32(11-12-33(17)19(3)35)15-23-13-27-26(38-23)28-25(36)24(21-7-5-20(6-8-21)18(2)34)30-37-16-22-9-10-31(4)29-22/h5-10,13,17H,11-12,14-16H2,1-4H3,(H,27,28,36)/b30-24-/t17-/m1/s1. The van der Waals surface area contributed by atoms with Gasteiger partial charge in [-0.15, -0.1) is 11.3 Å². The molecule has 0 radical (unpaired) electrons. The van der Waals surface area contributed by atoms with Gasteiger partial charge in [0.1, 0.15) is 5.69 Å². The fourth-order valence-electron chi connectivity index (χ4n) is 4.25. The number of ketones is 1. The molecular weight excluding hydrogens is 506 g/mol. The van der Waals surface area contributed by atoms with Crippen LogP contribution in [0.25, 0.3) is 0 Å². The van der Waals surface area contributed by atoms with Crippen molar-refractivity contribution in [2.75, 3.05) is 25.0 Å². The van der Waals surface area contributed by atoms with Crippen LogP contribution in [-0.4, -0.2) is 73.5 Å². The highest BCUT2D eigenvalue weighted by atomic mass is 32.1. The molecule has 1 aromatic carbocycles. The van der Waals surface area contributed by atoms with Crippen molar-refractivity contribution in [2.45, 2.75) is 40.0 Å². The van der Waals surface area contributed by atoms with E-state index in [0.717, 1.165) is 18.0 Å². The summed E-state index contributed by atoms with van der Waals surface area (Å²) < 4.78 is 1.65. The minimum atomic E-state index is -0.480. The SMILES string of the molecule is CC(=O)c1ccc(/C(=N/OCc2ccn(C)n2)C(=O)Nc2ncc(CN3CCN(C(C)=O)[C@H](C)C3)s2)cc1. The van der Waals surface area contributed by atoms with Crippen molar-refractivity contribution in [3.05, 3.63) is 64.4 Å². The van der Waals surface area contributed by atoms with Gasteiger partial charge in [0.05, 0.1) is 0 Å². The molecule has 1 N–H and O–H groups in total. The highest BCUT2D eigenvalue weighted by Gasteiger charge is 2.26. The molecule has 0 unspecified atom stereocenters. The van der Waals surface area contributed by atoms with E-state index in [1.807, 2.05) is 11.8 Å². The first kappa shape index (κ1) is 27.1. The van der Waals surface area contributed by atoms with Crippen LogP contribution in [0.5, 0.6) is 0 Å². The summed E-state index contributed by atoms with van der Waals surface area (Å²) in [7, 11) is 1.80. The lowest BCUT2D eigenvalue weighted by Crippen LogP contribution is -2.52. The molecule has 12 heteroatoms. The Kier molecular flexibility index (Phi) is 8.64. The normalized spacial score (nSPS) is 16.4. The van der Waals surface area contributed by atoms with Crippen molar-refractivity contribution in [1.29, 1.82) is 0 Å². The molecule has 0 aliphatic carbocycles. The molecule has 1 atom stereocenters. The third kappa shape index (κ3) is 6.90. The predicted octanol–water partition coefficient (Wildman–Crippen LogP) is 2.69. The molecule has 200 valence electrons. The van der Waals surface area contributed by atoms with Crippen LogP contribution in [0.15, 0.2) is 47.9 Å². The number of carbonyl (C=O) groups excluding carboxylic acids is 3. The summed E-state index contributed by atoms with van der Waals surface area (Å²) in [5.74, 6) is -0.457. The zero-order chi connectivity index (χ0) is 27.2. The Morgan fingerprint density at radius 2 is 1.87 bits per heavy atom. The summed E-state index contributed by atoms with van der Waals surface area (Å²) in [6.07, 6.45) is 3.54. The number of rotatable bonds is 9. The van der Waals surface area contributed by atoms with Gasteiger partial charge in [0.25, 0.3) is 5.91 Å². The van der Waals surface area contributed by atoms with Crippen LogP contribution >= 0.6 is 11.3 Å². The monoisotopic (exact) mass is 537 g/mol. The number of aryl methyl sites for hydroxylation is 1. The summed E-state index contributed by atoms with van der Waals surface area (Å²) in [5, 5.41) is 11.6. The van der Waals surface area contributed by atoms with Gasteiger partial charge in [0.15, 0.2) is 23.2 Å². The number of carbonyl (C=O) groups is 3. The van der Waals surface area contributed by atoms with Gasteiger partial charge in [-0.2, -0.15) is 5.10 Å². The Hall–Kier alpha value is -3.90. The third-order valence-corrected chi connectivity index (χ3v) is 7.08. The van der Waals surface area contributed by atoms with Gasteiger partial charge < -0.3 is 9.74 Å². The number of aromatic nitrogens is 3. The number of hydrogen-bond acceptors (Lipinski definition) is 9. The summed E-state index contributed by atoms with van der Waals surface area (Å²) in [4.78, 5) is 51.6. The molecule has 1 saturated heterocycles. The first-order chi connectivity index (χ1) is 18.2. The Bertz CT molecular complexity index is 1330. The van der Waals surface area contributed by atoms with Crippen LogP contribution in [0.4, 0.5) is 5.13 Å². The van der Waals surface area contributed by atoms with Gasteiger partial charge in [-0.1, -0.05) is 29.4 Å². The second kappa shape index (κ2) is 12.1. The fraction of sp³-hybridized carbons (Fsp3) is 0.385. The lowest BCUT2D eigenvalue weighted by molar-refractivity contribution is -0.133. The van der Waals surface area contributed by atoms with Crippen LogP contribution in [0.3, 0.4) is 0 Å². The highest BCUT2D eigenvalue weighted by molar-refractivity contribution is 7.15. The van der Waals surface area contributed by atoms with Gasteiger partial charge >= 0.3 is 0 Å². The van der Waals surface area contributed by atoms with Crippen molar-refractivity contribution in [3.8, 4) is 0 Å². The molecule has 3 heterocycles. The molecule has 1 aliphatic rings. The number of benzene rings is 1. The topological polar surface area (TPSA) is 122 Å². The van der Waals surface area contributed by atoms with E-state index in [1.54, 1.807) is 61.4 Å². The molecular formula is C26H31N7O4S. The van der Waals surface area contributed by atoms with Crippen molar-refractivity contribution in [1.82, 2.24) is 24.6 Å². The van der Waals surface area contributed by atoms with Crippen molar-refractivity contribution in [3.63, 3.8) is 0 Å². The first-order valence-electron chi connectivity index (χ1n) is 12.2. The lowest BCUT2D eigenvalue weighted by atomic mass is 10.1. The fourth-order valence-corrected chi connectivity index (χ4v) is 5.10. The second-order valence-corrected chi connectivity index (χ2v) is 10.3. The van der Waals surface area contributed by atoms with E-state index in [0.29, 0.717) is 35.0 Å². The van der Waals surface area contributed by atoms with Gasteiger partial charge in [-0.3, -0.25) is 29.3 Å².